The molecule has 150 valence electrons. The Hall–Kier alpha value is -1.88. The van der Waals surface area contributed by atoms with Gasteiger partial charge in [-0.3, -0.25) is 9.59 Å². The number of likely N-dealkylation sites (tertiary alicyclic amines) is 1. The summed E-state index contributed by atoms with van der Waals surface area (Å²) in [5, 5.41) is 20.0. The number of hydrogen-bond donors (Lipinski definition) is 2. The number of benzene rings is 1. The lowest BCUT2D eigenvalue weighted by Crippen LogP contribution is -2.64. The van der Waals surface area contributed by atoms with E-state index in [1.54, 1.807) is 4.90 Å². The SMILES string of the molecule is O=C(O)C(C(=O)N1CC(O)C1)C1(Cc2ccccc2)C2CC3CC(C2)CC1C3. The fourth-order valence-corrected chi connectivity index (χ4v) is 7.26. The van der Waals surface area contributed by atoms with E-state index in [2.05, 4.69) is 12.1 Å². The highest BCUT2D eigenvalue weighted by molar-refractivity contribution is 5.98. The number of rotatable bonds is 5. The molecule has 0 aromatic heterocycles. The Bertz CT molecular complexity index is 742. The first-order valence-electron chi connectivity index (χ1n) is 10.7. The summed E-state index contributed by atoms with van der Waals surface area (Å²) < 4.78 is 0. The van der Waals surface area contributed by atoms with Crippen molar-refractivity contribution in [1.82, 2.24) is 4.90 Å². The molecule has 0 spiro atoms. The molecular formula is C23H29NO4. The van der Waals surface area contributed by atoms with Crippen molar-refractivity contribution in [3.8, 4) is 0 Å². The molecule has 1 aromatic rings. The minimum Gasteiger partial charge on any atom is -0.481 e. The van der Waals surface area contributed by atoms with Gasteiger partial charge in [-0.1, -0.05) is 30.3 Å². The number of aliphatic hydroxyl groups excluding tert-OH is 1. The Morgan fingerprint density at radius 1 is 1.00 bits per heavy atom. The lowest BCUT2D eigenvalue weighted by molar-refractivity contribution is -0.187. The monoisotopic (exact) mass is 383 g/mol. The van der Waals surface area contributed by atoms with Crippen LogP contribution in [-0.2, 0) is 16.0 Å². The van der Waals surface area contributed by atoms with Crippen molar-refractivity contribution in [2.24, 2.45) is 35.0 Å². The van der Waals surface area contributed by atoms with E-state index in [1.165, 1.54) is 6.42 Å². The van der Waals surface area contributed by atoms with E-state index in [-0.39, 0.29) is 19.0 Å². The first kappa shape index (κ1) is 18.2. The molecule has 5 nitrogen and oxygen atoms in total. The average molecular weight is 383 g/mol. The second-order valence-electron chi connectivity index (χ2n) is 9.75. The number of β-amino-alcohol motifs (C(OH)–C–C–N with tert-alkyl or cyclic N) is 1. The standard InChI is InChI=1S/C23H29NO4/c25-19-12-24(13-19)21(26)20(22(27)28)23(11-14-4-2-1-3-5-14)17-7-15-6-16(9-17)10-18(23)8-15/h1-5,15-20,25H,6-13H2,(H,27,28). The van der Waals surface area contributed by atoms with Crippen LogP contribution in [-0.4, -0.2) is 46.2 Å². The molecule has 6 rings (SSSR count). The van der Waals surface area contributed by atoms with Crippen LogP contribution in [0.1, 0.15) is 37.7 Å². The van der Waals surface area contributed by atoms with Crippen LogP contribution in [0.2, 0.25) is 0 Å². The fraction of sp³-hybridized carbons (Fsp3) is 0.652. The Balaban J connectivity index is 1.57. The Morgan fingerprint density at radius 2 is 1.57 bits per heavy atom. The van der Waals surface area contributed by atoms with E-state index < -0.39 is 23.4 Å². The fourth-order valence-electron chi connectivity index (χ4n) is 7.26. The molecule has 5 fully saturated rings. The van der Waals surface area contributed by atoms with Gasteiger partial charge < -0.3 is 15.1 Å². The molecule has 4 saturated carbocycles. The Morgan fingerprint density at radius 3 is 2.07 bits per heavy atom. The van der Waals surface area contributed by atoms with Gasteiger partial charge in [0.25, 0.3) is 0 Å². The zero-order valence-corrected chi connectivity index (χ0v) is 16.2. The molecule has 28 heavy (non-hydrogen) atoms. The number of amides is 1. The van der Waals surface area contributed by atoms with Gasteiger partial charge in [0.15, 0.2) is 0 Å². The van der Waals surface area contributed by atoms with Crippen LogP contribution in [0.4, 0.5) is 0 Å². The van der Waals surface area contributed by atoms with Gasteiger partial charge in [0, 0.05) is 18.5 Å². The third-order valence-electron chi connectivity index (χ3n) is 8.22. The number of aliphatic carboxylic acids is 1. The van der Waals surface area contributed by atoms with Crippen molar-refractivity contribution in [3.63, 3.8) is 0 Å². The molecule has 4 aliphatic carbocycles. The van der Waals surface area contributed by atoms with Crippen LogP contribution in [0.25, 0.3) is 0 Å². The van der Waals surface area contributed by atoms with Crippen molar-refractivity contribution in [2.75, 3.05) is 13.1 Å². The third-order valence-corrected chi connectivity index (χ3v) is 8.22. The summed E-state index contributed by atoms with van der Waals surface area (Å²) in [6.45, 7) is 0.537. The number of carboxylic acid groups (broad SMARTS) is 1. The number of hydrogen-bond acceptors (Lipinski definition) is 3. The summed E-state index contributed by atoms with van der Waals surface area (Å²) in [7, 11) is 0. The van der Waals surface area contributed by atoms with Gasteiger partial charge in [-0.25, -0.2) is 0 Å². The summed E-state index contributed by atoms with van der Waals surface area (Å²) in [5.41, 5.74) is 0.635. The van der Waals surface area contributed by atoms with Crippen LogP contribution >= 0.6 is 0 Å². The number of carbonyl (C=O) groups is 2. The topological polar surface area (TPSA) is 77.8 Å². The molecule has 5 aliphatic rings. The lowest BCUT2D eigenvalue weighted by atomic mass is 9.41. The smallest absolute Gasteiger partial charge is 0.316 e. The molecule has 4 bridgehead atoms. The first-order valence-corrected chi connectivity index (χ1v) is 10.7. The molecule has 0 radical (unpaired) electrons. The molecule has 1 amide bonds. The van der Waals surface area contributed by atoms with E-state index in [0.29, 0.717) is 30.1 Å². The summed E-state index contributed by atoms with van der Waals surface area (Å²) in [6, 6.07) is 10.1. The minimum atomic E-state index is -1.00. The van der Waals surface area contributed by atoms with E-state index in [9.17, 15) is 19.8 Å². The molecule has 1 saturated heterocycles. The Labute approximate surface area is 165 Å². The Kier molecular flexibility index (Phi) is 4.27. The van der Waals surface area contributed by atoms with Crippen LogP contribution in [0.3, 0.4) is 0 Å². The molecular weight excluding hydrogens is 354 g/mol. The van der Waals surface area contributed by atoms with Gasteiger partial charge in [-0.05, 0) is 67.8 Å². The predicted octanol–water partition coefficient (Wildman–Crippen LogP) is 2.58. The molecule has 5 heteroatoms. The zero-order valence-electron chi connectivity index (χ0n) is 16.2. The minimum absolute atomic E-state index is 0.268. The van der Waals surface area contributed by atoms with Gasteiger partial charge in [-0.2, -0.15) is 0 Å². The summed E-state index contributed by atoms with van der Waals surface area (Å²) in [4.78, 5) is 27.5. The summed E-state index contributed by atoms with van der Waals surface area (Å²) in [5.74, 6) is -0.227. The van der Waals surface area contributed by atoms with Gasteiger partial charge in [-0.15, -0.1) is 0 Å². The molecule has 1 atom stereocenters. The maximum absolute atomic E-state index is 13.4. The summed E-state index contributed by atoms with van der Waals surface area (Å²) >= 11 is 0. The van der Waals surface area contributed by atoms with E-state index in [4.69, 9.17) is 0 Å². The third kappa shape index (κ3) is 2.70. The highest BCUT2D eigenvalue weighted by Gasteiger charge is 2.64. The quantitative estimate of drug-likeness (QED) is 0.766. The summed E-state index contributed by atoms with van der Waals surface area (Å²) in [6.07, 6.45) is 5.72. The number of carbonyl (C=O) groups excluding carboxylic acids is 1. The van der Waals surface area contributed by atoms with E-state index in [0.717, 1.165) is 31.2 Å². The first-order chi connectivity index (χ1) is 13.5. The van der Waals surface area contributed by atoms with Gasteiger partial charge in [0.05, 0.1) is 6.10 Å². The average Bonchev–Trinajstić information content (AvgIpc) is 2.63. The molecule has 1 unspecified atom stereocenters. The molecule has 1 heterocycles. The van der Waals surface area contributed by atoms with Crippen LogP contribution < -0.4 is 0 Å². The van der Waals surface area contributed by atoms with Gasteiger partial charge in [0.2, 0.25) is 5.91 Å². The maximum Gasteiger partial charge on any atom is 0.316 e. The zero-order chi connectivity index (χ0) is 19.5. The van der Waals surface area contributed by atoms with Crippen molar-refractivity contribution in [2.45, 2.75) is 44.6 Å². The normalized spacial score (nSPS) is 37.5. The number of nitrogens with zero attached hydrogens (tertiary/aromatic N) is 1. The van der Waals surface area contributed by atoms with Crippen molar-refractivity contribution in [1.29, 1.82) is 0 Å². The predicted molar refractivity (Wildman–Crippen MR) is 103 cm³/mol. The molecule has 1 aliphatic heterocycles. The lowest BCUT2D eigenvalue weighted by Gasteiger charge is -2.63. The highest BCUT2D eigenvalue weighted by Crippen LogP contribution is 2.66. The van der Waals surface area contributed by atoms with Crippen molar-refractivity contribution < 1.29 is 19.8 Å². The van der Waals surface area contributed by atoms with Gasteiger partial charge in [0.1, 0.15) is 5.92 Å². The van der Waals surface area contributed by atoms with E-state index in [1.807, 2.05) is 18.2 Å². The van der Waals surface area contributed by atoms with Crippen LogP contribution in [0, 0.1) is 35.0 Å². The molecule has 1 aromatic carbocycles. The largest absolute Gasteiger partial charge is 0.481 e. The second-order valence-corrected chi connectivity index (χ2v) is 9.75. The van der Waals surface area contributed by atoms with Crippen molar-refractivity contribution >= 4 is 11.9 Å². The highest BCUT2D eigenvalue weighted by atomic mass is 16.4. The number of carboxylic acids is 1. The second kappa shape index (κ2) is 6.58. The van der Waals surface area contributed by atoms with Crippen molar-refractivity contribution in [3.05, 3.63) is 35.9 Å². The maximum atomic E-state index is 13.4. The molecule has 2 N–H and O–H groups in total. The van der Waals surface area contributed by atoms with Gasteiger partial charge >= 0.3 is 5.97 Å². The van der Waals surface area contributed by atoms with Crippen LogP contribution in [0.5, 0.6) is 0 Å². The van der Waals surface area contributed by atoms with Crippen LogP contribution in [0.15, 0.2) is 30.3 Å². The number of aliphatic hydroxyl groups is 1. The van der Waals surface area contributed by atoms with E-state index >= 15 is 0 Å².